The second-order valence-electron chi connectivity index (χ2n) is 4.88. The molecule has 3 rings (SSSR count). The Morgan fingerprint density at radius 3 is 2.41 bits per heavy atom. The first-order chi connectivity index (χ1) is 10.6. The lowest BCUT2D eigenvalue weighted by Crippen LogP contribution is -1.99. The third-order valence-corrected chi connectivity index (χ3v) is 3.51. The molecule has 108 valence electrons. The molecule has 22 heavy (non-hydrogen) atoms. The summed E-state index contributed by atoms with van der Waals surface area (Å²) in [6.45, 7) is 4.02. The van der Waals surface area contributed by atoms with Crippen molar-refractivity contribution in [2.24, 2.45) is 0 Å². The first-order valence-electron chi connectivity index (χ1n) is 6.63. The number of carboxylic acid groups (broad SMARTS) is 1. The van der Waals surface area contributed by atoms with Crippen LogP contribution in [0.25, 0.3) is 16.5 Å². The monoisotopic (exact) mass is 293 g/mol. The minimum Gasteiger partial charge on any atom is -0.478 e. The van der Waals surface area contributed by atoms with Crippen LogP contribution >= 0.6 is 0 Å². The average molecular weight is 293 g/mol. The van der Waals surface area contributed by atoms with Gasteiger partial charge in [-0.3, -0.25) is 4.98 Å². The predicted octanol–water partition coefficient (Wildman–Crippen LogP) is 4.13. The lowest BCUT2D eigenvalue weighted by molar-refractivity contribution is 0.0699. The number of fused-ring (bicyclic) bond motifs is 1. The van der Waals surface area contributed by atoms with E-state index in [1.807, 2.05) is 6.07 Å². The van der Waals surface area contributed by atoms with Crippen LogP contribution in [0.5, 0.6) is 0 Å². The summed E-state index contributed by atoms with van der Waals surface area (Å²) in [4.78, 5) is 15.5. The third kappa shape index (κ3) is 2.46. The number of halogens is 1. The van der Waals surface area contributed by atoms with E-state index in [2.05, 4.69) is 11.6 Å². The Balaban J connectivity index is 2.11. The highest BCUT2D eigenvalue weighted by molar-refractivity contribution is 6.03. The van der Waals surface area contributed by atoms with Gasteiger partial charge < -0.3 is 5.11 Å². The van der Waals surface area contributed by atoms with E-state index in [1.165, 1.54) is 24.4 Å². The number of hydrogen-bond donors (Lipinski definition) is 1. The van der Waals surface area contributed by atoms with Crippen molar-refractivity contribution in [1.82, 2.24) is 4.98 Å². The van der Waals surface area contributed by atoms with Crippen LogP contribution in [-0.2, 0) is 0 Å². The first-order valence-corrected chi connectivity index (χ1v) is 6.63. The first kappa shape index (κ1) is 13.9. The Hall–Kier alpha value is -3.01. The molecule has 1 aromatic heterocycles. The molecule has 0 saturated carbocycles. The second-order valence-corrected chi connectivity index (χ2v) is 4.88. The van der Waals surface area contributed by atoms with Gasteiger partial charge in [0.1, 0.15) is 5.82 Å². The van der Waals surface area contributed by atoms with E-state index in [0.29, 0.717) is 16.5 Å². The van der Waals surface area contributed by atoms with E-state index in [4.69, 9.17) is 0 Å². The van der Waals surface area contributed by atoms with Crippen molar-refractivity contribution in [3.63, 3.8) is 0 Å². The summed E-state index contributed by atoms with van der Waals surface area (Å²) >= 11 is 0. The zero-order valence-corrected chi connectivity index (χ0v) is 11.6. The molecule has 1 heterocycles. The zero-order chi connectivity index (χ0) is 15.7. The van der Waals surface area contributed by atoms with Crippen LogP contribution in [0.2, 0.25) is 0 Å². The third-order valence-electron chi connectivity index (χ3n) is 3.51. The fourth-order valence-corrected chi connectivity index (χ4v) is 2.34. The van der Waals surface area contributed by atoms with Crippen molar-refractivity contribution in [3.8, 4) is 0 Å². The van der Waals surface area contributed by atoms with Gasteiger partial charge >= 0.3 is 5.97 Å². The maximum atomic E-state index is 13.0. The highest BCUT2D eigenvalue weighted by Gasteiger charge is 2.11. The normalized spacial score (nSPS) is 10.6. The molecule has 0 radical (unpaired) electrons. The molecule has 3 nitrogen and oxygen atoms in total. The van der Waals surface area contributed by atoms with Gasteiger partial charge in [0, 0.05) is 11.6 Å². The number of aromatic carboxylic acids is 1. The quantitative estimate of drug-likeness (QED) is 0.789. The molecular weight excluding hydrogens is 281 g/mol. The van der Waals surface area contributed by atoms with Gasteiger partial charge in [0.15, 0.2) is 0 Å². The molecule has 0 spiro atoms. The molecule has 0 aliphatic rings. The topological polar surface area (TPSA) is 50.2 Å². The van der Waals surface area contributed by atoms with E-state index >= 15 is 0 Å². The summed E-state index contributed by atoms with van der Waals surface area (Å²) in [6, 6.07) is 12.8. The van der Waals surface area contributed by atoms with E-state index in [1.54, 1.807) is 24.3 Å². The van der Waals surface area contributed by atoms with Gasteiger partial charge in [-0.15, -0.1) is 0 Å². The maximum absolute atomic E-state index is 13.0. The fraction of sp³-hybridized carbons (Fsp3) is 0. The van der Waals surface area contributed by atoms with Crippen LogP contribution < -0.4 is 0 Å². The maximum Gasteiger partial charge on any atom is 0.336 e. The van der Waals surface area contributed by atoms with Crippen molar-refractivity contribution >= 4 is 22.4 Å². The number of nitrogens with zero attached hydrogens (tertiary/aromatic N) is 1. The summed E-state index contributed by atoms with van der Waals surface area (Å²) in [7, 11) is 0. The number of carbonyl (C=O) groups is 1. The molecule has 0 aliphatic carbocycles. The highest BCUT2D eigenvalue weighted by atomic mass is 19.1. The Bertz CT molecular complexity index is 885. The summed E-state index contributed by atoms with van der Waals surface area (Å²) in [6.07, 6.45) is 1.47. The van der Waals surface area contributed by atoms with Gasteiger partial charge in [-0.1, -0.05) is 24.8 Å². The fourth-order valence-electron chi connectivity index (χ4n) is 2.34. The van der Waals surface area contributed by atoms with Gasteiger partial charge in [-0.2, -0.15) is 0 Å². The van der Waals surface area contributed by atoms with Crippen LogP contribution in [0, 0.1) is 5.82 Å². The Kier molecular flexibility index (Phi) is 3.43. The summed E-state index contributed by atoms with van der Waals surface area (Å²) in [5.41, 5.74) is 3.05. The standard InChI is InChI=1S/C18H12FNO2/c1-11(12-2-5-14(19)6-3-12)13-4-7-17-16(10-13)15(18(21)22)8-9-20-17/h2-10H,1H2,(H,21,22). The Labute approximate surface area is 126 Å². The smallest absolute Gasteiger partial charge is 0.336 e. The van der Waals surface area contributed by atoms with Gasteiger partial charge in [-0.25, -0.2) is 9.18 Å². The number of carboxylic acids is 1. The van der Waals surface area contributed by atoms with Crippen LogP contribution in [-0.4, -0.2) is 16.1 Å². The molecule has 0 fully saturated rings. The Morgan fingerprint density at radius 2 is 1.73 bits per heavy atom. The molecule has 0 amide bonds. The van der Waals surface area contributed by atoms with Crippen LogP contribution in [0.15, 0.2) is 61.3 Å². The van der Waals surface area contributed by atoms with Crippen molar-refractivity contribution in [2.45, 2.75) is 0 Å². The van der Waals surface area contributed by atoms with Gasteiger partial charge in [0.05, 0.1) is 11.1 Å². The molecule has 2 aromatic carbocycles. The molecule has 1 N–H and O–H groups in total. The van der Waals surface area contributed by atoms with Crippen molar-refractivity contribution in [3.05, 3.63) is 83.8 Å². The molecule has 0 bridgehead atoms. The van der Waals surface area contributed by atoms with Crippen molar-refractivity contribution in [1.29, 1.82) is 0 Å². The van der Waals surface area contributed by atoms with Crippen molar-refractivity contribution < 1.29 is 14.3 Å². The molecule has 0 atom stereocenters. The van der Waals surface area contributed by atoms with Crippen LogP contribution in [0.1, 0.15) is 21.5 Å². The lowest BCUT2D eigenvalue weighted by Gasteiger charge is -2.09. The van der Waals surface area contributed by atoms with E-state index < -0.39 is 5.97 Å². The number of hydrogen-bond acceptors (Lipinski definition) is 2. The van der Waals surface area contributed by atoms with E-state index in [9.17, 15) is 14.3 Å². The number of benzene rings is 2. The number of pyridine rings is 1. The SMILES string of the molecule is C=C(c1ccc(F)cc1)c1ccc2nccc(C(=O)O)c2c1. The predicted molar refractivity (Wildman–Crippen MR) is 83.2 cm³/mol. The van der Waals surface area contributed by atoms with E-state index in [-0.39, 0.29) is 11.4 Å². The minimum atomic E-state index is -1.00. The minimum absolute atomic E-state index is 0.193. The molecule has 0 unspecified atom stereocenters. The number of aromatic nitrogens is 1. The molecule has 0 aliphatic heterocycles. The van der Waals surface area contributed by atoms with Gasteiger partial charge in [0.2, 0.25) is 0 Å². The number of rotatable bonds is 3. The molecule has 0 saturated heterocycles. The largest absolute Gasteiger partial charge is 0.478 e. The Morgan fingerprint density at radius 1 is 1.05 bits per heavy atom. The summed E-state index contributed by atoms with van der Waals surface area (Å²) < 4.78 is 13.0. The summed E-state index contributed by atoms with van der Waals surface area (Å²) in [5.74, 6) is -1.32. The molecular formula is C18H12FNO2. The molecule has 4 heteroatoms. The van der Waals surface area contributed by atoms with Crippen molar-refractivity contribution in [2.75, 3.05) is 0 Å². The lowest BCUT2D eigenvalue weighted by atomic mass is 9.97. The van der Waals surface area contributed by atoms with Gasteiger partial charge in [-0.05, 0) is 47.0 Å². The second kappa shape index (κ2) is 5.41. The summed E-state index contributed by atoms with van der Waals surface area (Å²) in [5, 5.41) is 9.82. The zero-order valence-electron chi connectivity index (χ0n) is 11.6. The van der Waals surface area contributed by atoms with E-state index in [0.717, 1.165) is 11.1 Å². The molecule has 3 aromatic rings. The highest BCUT2D eigenvalue weighted by Crippen LogP contribution is 2.26. The van der Waals surface area contributed by atoms with Gasteiger partial charge in [0.25, 0.3) is 0 Å². The average Bonchev–Trinajstić information content (AvgIpc) is 2.53. The van der Waals surface area contributed by atoms with Crippen LogP contribution in [0.3, 0.4) is 0 Å². The van der Waals surface area contributed by atoms with Crippen LogP contribution in [0.4, 0.5) is 4.39 Å².